The SMILES string of the molecule is Cc1cn2cc(NC(=O)c3cnc(N4CC[C@H](CNC5CC5)C4)cn3)cc(C)c2n1. The van der Waals surface area contributed by atoms with Gasteiger partial charge in [-0.15, -0.1) is 0 Å². The number of carbonyl (C=O) groups excluding carboxylic acids is 1. The second-order valence-electron chi connectivity index (χ2n) is 8.52. The van der Waals surface area contributed by atoms with Crippen molar-refractivity contribution in [3.05, 3.63) is 47.8 Å². The number of pyridine rings is 1. The van der Waals surface area contributed by atoms with Gasteiger partial charge in [0.15, 0.2) is 0 Å². The van der Waals surface area contributed by atoms with Crippen LogP contribution in [0.25, 0.3) is 5.65 Å². The molecule has 5 rings (SSSR count). The summed E-state index contributed by atoms with van der Waals surface area (Å²) < 4.78 is 1.93. The second-order valence-corrected chi connectivity index (χ2v) is 8.52. The zero-order valence-corrected chi connectivity index (χ0v) is 17.4. The molecule has 0 radical (unpaired) electrons. The van der Waals surface area contributed by atoms with Gasteiger partial charge in [-0.25, -0.2) is 15.0 Å². The summed E-state index contributed by atoms with van der Waals surface area (Å²) in [6.07, 6.45) is 10.9. The Balaban J connectivity index is 1.22. The minimum Gasteiger partial charge on any atom is -0.355 e. The van der Waals surface area contributed by atoms with Crippen LogP contribution in [0.1, 0.15) is 41.0 Å². The molecule has 1 amide bonds. The molecule has 156 valence electrons. The number of nitrogens with one attached hydrogen (secondary N) is 2. The van der Waals surface area contributed by atoms with Gasteiger partial charge in [0, 0.05) is 31.5 Å². The molecular formula is C22H27N7O. The van der Waals surface area contributed by atoms with Crippen molar-refractivity contribution >= 4 is 23.1 Å². The number of anilines is 2. The number of aromatic nitrogens is 4. The van der Waals surface area contributed by atoms with E-state index in [-0.39, 0.29) is 5.91 Å². The Morgan fingerprint density at radius 3 is 2.80 bits per heavy atom. The molecular weight excluding hydrogens is 378 g/mol. The number of rotatable bonds is 6. The fourth-order valence-corrected chi connectivity index (χ4v) is 4.08. The number of fused-ring (bicyclic) bond motifs is 1. The van der Waals surface area contributed by atoms with Gasteiger partial charge in [0.1, 0.15) is 17.2 Å². The first-order chi connectivity index (χ1) is 14.5. The van der Waals surface area contributed by atoms with E-state index in [0.29, 0.717) is 17.3 Å². The van der Waals surface area contributed by atoms with E-state index in [1.54, 1.807) is 12.4 Å². The molecule has 2 N–H and O–H groups in total. The summed E-state index contributed by atoms with van der Waals surface area (Å²) in [7, 11) is 0. The van der Waals surface area contributed by atoms with Gasteiger partial charge < -0.3 is 19.9 Å². The average molecular weight is 406 g/mol. The third-order valence-corrected chi connectivity index (χ3v) is 5.87. The Hall–Kier alpha value is -3.00. The molecule has 2 fully saturated rings. The van der Waals surface area contributed by atoms with Gasteiger partial charge in [0.25, 0.3) is 5.91 Å². The molecule has 8 heteroatoms. The summed E-state index contributed by atoms with van der Waals surface area (Å²) in [6.45, 7) is 6.99. The minimum absolute atomic E-state index is 0.266. The van der Waals surface area contributed by atoms with Crippen molar-refractivity contribution in [2.24, 2.45) is 5.92 Å². The van der Waals surface area contributed by atoms with Crippen molar-refractivity contribution < 1.29 is 4.79 Å². The van der Waals surface area contributed by atoms with Crippen LogP contribution in [0.4, 0.5) is 11.5 Å². The van der Waals surface area contributed by atoms with Crippen LogP contribution >= 0.6 is 0 Å². The molecule has 0 aromatic carbocycles. The molecule has 4 heterocycles. The number of aryl methyl sites for hydroxylation is 2. The van der Waals surface area contributed by atoms with Crippen molar-refractivity contribution in [2.75, 3.05) is 29.9 Å². The summed E-state index contributed by atoms with van der Waals surface area (Å²) in [5, 5.41) is 6.53. The first-order valence-corrected chi connectivity index (χ1v) is 10.6. The molecule has 1 aliphatic heterocycles. The average Bonchev–Trinajstić information content (AvgIpc) is 3.30. The van der Waals surface area contributed by atoms with Gasteiger partial charge in [-0.1, -0.05) is 0 Å². The van der Waals surface area contributed by atoms with E-state index in [1.165, 1.54) is 19.3 Å². The van der Waals surface area contributed by atoms with Crippen molar-refractivity contribution in [1.82, 2.24) is 24.7 Å². The highest BCUT2D eigenvalue weighted by atomic mass is 16.1. The lowest BCUT2D eigenvalue weighted by Gasteiger charge is -2.17. The minimum atomic E-state index is -0.266. The van der Waals surface area contributed by atoms with Crippen LogP contribution in [0.2, 0.25) is 0 Å². The van der Waals surface area contributed by atoms with Crippen LogP contribution in [0.15, 0.2) is 30.9 Å². The van der Waals surface area contributed by atoms with E-state index in [2.05, 4.69) is 30.5 Å². The molecule has 1 aliphatic carbocycles. The molecule has 1 saturated carbocycles. The number of hydrogen-bond acceptors (Lipinski definition) is 6. The van der Waals surface area contributed by atoms with Crippen molar-refractivity contribution in [3.63, 3.8) is 0 Å². The summed E-state index contributed by atoms with van der Waals surface area (Å²) >= 11 is 0. The van der Waals surface area contributed by atoms with Crippen LogP contribution < -0.4 is 15.5 Å². The van der Waals surface area contributed by atoms with Gasteiger partial charge >= 0.3 is 0 Å². The smallest absolute Gasteiger partial charge is 0.275 e. The van der Waals surface area contributed by atoms with E-state index in [4.69, 9.17) is 0 Å². The van der Waals surface area contributed by atoms with Crippen molar-refractivity contribution in [1.29, 1.82) is 0 Å². The van der Waals surface area contributed by atoms with E-state index in [0.717, 1.165) is 48.4 Å². The molecule has 2 aliphatic rings. The lowest BCUT2D eigenvalue weighted by atomic mass is 10.1. The first-order valence-electron chi connectivity index (χ1n) is 10.6. The Morgan fingerprint density at radius 1 is 1.17 bits per heavy atom. The third-order valence-electron chi connectivity index (χ3n) is 5.87. The third kappa shape index (κ3) is 4.00. The van der Waals surface area contributed by atoms with E-state index < -0.39 is 0 Å². The Bertz CT molecular complexity index is 1070. The highest BCUT2D eigenvalue weighted by Gasteiger charge is 2.27. The number of nitrogens with zero attached hydrogens (tertiary/aromatic N) is 5. The highest BCUT2D eigenvalue weighted by Crippen LogP contribution is 2.24. The number of hydrogen-bond donors (Lipinski definition) is 2. The molecule has 0 bridgehead atoms. The van der Waals surface area contributed by atoms with Gasteiger partial charge in [0.2, 0.25) is 0 Å². The summed E-state index contributed by atoms with van der Waals surface area (Å²) in [5.74, 6) is 1.23. The second kappa shape index (κ2) is 7.68. The monoisotopic (exact) mass is 405 g/mol. The molecule has 0 unspecified atom stereocenters. The normalized spacial score (nSPS) is 18.9. The summed E-state index contributed by atoms with van der Waals surface area (Å²) in [5.41, 5.74) is 3.85. The summed E-state index contributed by atoms with van der Waals surface area (Å²) in [6, 6.07) is 2.67. The molecule has 0 spiro atoms. The number of carbonyl (C=O) groups is 1. The van der Waals surface area contributed by atoms with E-state index in [1.807, 2.05) is 36.7 Å². The lowest BCUT2D eigenvalue weighted by Crippen LogP contribution is -2.28. The van der Waals surface area contributed by atoms with Gasteiger partial charge in [-0.05, 0) is 57.2 Å². The Morgan fingerprint density at radius 2 is 2.03 bits per heavy atom. The molecule has 3 aromatic heterocycles. The molecule has 30 heavy (non-hydrogen) atoms. The predicted octanol–water partition coefficient (Wildman–Crippen LogP) is 2.57. The molecule has 3 aromatic rings. The molecule has 1 atom stereocenters. The lowest BCUT2D eigenvalue weighted by molar-refractivity contribution is 0.102. The van der Waals surface area contributed by atoms with E-state index in [9.17, 15) is 4.79 Å². The van der Waals surface area contributed by atoms with Crippen molar-refractivity contribution in [3.8, 4) is 0 Å². The van der Waals surface area contributed by atoms with Crippen LogP contribution in [0, 0.1) is 19.8 Å². The fourth-order valence-electron chi connectivity index (χ4n) is 4.08. The maximum absolute atomic E-state index is 12.6. The topological polar surface area (TPSA) is 87.5 Å². The maximum atomic E-state index is 12.6. The Kier molecular flexibility index (Phi) is 4.86. The Labute approximate surface area is 175 Å². The quantitative estimate of drug-likeness (QED) is 0.655. The number of amides is 1. The molecule has 1 saturated heterocycles. The first kappa shape index (κ1) is 19.0. The van der Waals surface area contributed by atoms with Crippen LogP contribution in [-0.4, -0.2) is 50.9 Å². The largest absolute Gasteiger partial charge is 0.355 e. The maximum Gasteiger partial charge on any atom is 0.275 e. The van der Waals surface area contributed by atoms with E-state index >= 15 is 0 Å². The van der Waals surface area contributed by atoms with Crippen LogP contribution in [0.5, 0.6) is 0 Å². The zero-order valence-electron chi connectivity index (χ0n) is 17.4. The van der Waals surface area contributed by atoms with Crippen LogP contribution in [-0.2, 0) is 0 Å². The van der Waals surface area contributed by atoms with Crippen molar-refractivity contribution in [2.45, 2.75) is 39.2 Å². The highest BCUT2D eigenvalue weighted by molar-refractivity contribution is 6.02. The predicted molar refractivity (Wildman–Crippen MR) is 116 cm³/mol. The van der Waals surface area contributed by atoms with Crippen LogP contribution in [0.3, 0.4) is 0 Å². The van der Waals surface area contributed by atoms with Gasteiger partial charge in [-0.2, -0.15) is 0 Å². The summed E-state index contributed by atoms with van der Waals surface area (Å²) in [4.78, 5) is 28.3. The van der Waals surface area contributed by atoms with Gasteiger partial charge in [0.05, 0.1) is 23.8 Å². The van der Waals surface area contributed by atoms with Gasteiger partial charge in [-0.3, -0.25) is 4.79 Å². The fraction of sp³-hybridized carbons (Fsp3) is 0.455. The number of imidazole rings is 1. The molecule has 8 nitrogen and oxygen atoms in total. The standard InChI is InChI=1S/C22H27N7O/c1-14-7-18(13-29-11-15(2)26-21(14)29)27-22(30)19-9-25-20(10-24-19)28-6-5-16(12-28)8-23-17-3-4-17/h7,9-11,13,16-17,23H,3-6,8,12H2,1-2H3,(H,27,30)/t16-/m1/s1. The zero-order chi connectivity index (χ0) is 20.7.